The summed E-state index contributed by atoms with van der Waals surface area (Å²) in [5.74, 6) is 1.32. The van der Waals surface area contributed by atoms with Crippen LogP contribution in [0.2, 0.25) is 5.02 Å². The van der Waals surface area contributed by atoms with Crippen molar-refractivity contribution >= 4 is 11.6 Å². The van der Waals surface area contributed by atoms with Crippen molar-refractivity contribution in [3.05, 3.63) is 29.3 Å². The molecule has 1 aromatic rings. The predicted molar refractivity (Wildman–Crippen MR) is 116 cm³/mol. The van der Waals surface area contributed by atoms with Gasteiger partial charge in [0, 0.05) is 24.7 Å². The summed E-state index contributed by atoms with van der Waals surface area (Å²) in [5.41, 5.74) is -1.52. The van der Waals surface area contributed by atoms with Crippen LogP contribution >= 0.6 is 11.6 Å². The van der Waals surface area contributed by atoms with Crippen LogP contribution in [-0.4, -0.2) is 65.8 Å². The molecule has 0 bridgehead atoms. The first-order valence-corrected chi connectivity index (χ1v) is 11.1. The minimum absolute atomic E-state index is 0.135. The van der Waals surface area contributed by atoms with Gasteiger partial charge in [-0.05, 0) is 61.3 Å². The molecule has 2 N–H and O–H groups in total. The number of nitrogens with zero attached hydrogens (tertiary/aromatic N) is 1. The summed E-state index contributed by atoms with van der Waals surface area (Å²) in [7, 11) is 0. The lowest BCUT2D eigenvalue weighted by Gasteiger charge is -2.43. The van der Waals surface area contributed by atoms with E-state index in [4.69, 9.17) is 21.1 Å². The Morgan fingerprint density at radius 2 is 1.79 bits per heavy atom. The molecule has 0 radical (unpaired) electrons. The lowest BCUT2D eigenvalue weighted by atomic mass is 9.68. The molecule has 0 aromatic heterocycles. The third-order valence-corrected chi connectivity index (χ3v) is 6.67. The standard InChI is InChI=1S/C23H36ClNO4/c1-21(2,3)18-8-10-22(26,11-9-18)14-25-12-13-28-16-23(27,15-25)17-29-20-6-4-19(24)5-7-20/h4-7,18,26-27H,8-17H2,1-3H3. The zero-order valence-corrected chi connectivity index (χ0v) is 18.7. The maximum absolute atomic E-state index is 11.2. The smallest absolute Gasteiger partial charge is 0.134 e. The van der Waals surface area contributed by atoms with Crippen molar-refractivity contribution in [1.29, 1.82) is 0 Å². The third-order valence-electron chi connectivity index (χ3n) is 6.42. The average Bonchev–Trinajstić information content (AvgIpc) is 2.82. The molecule has 1 aromatic carbocycles. The number of β-amino-alcohol motifs (C(OH)–C–C–N with tert-alkyl or cyclic N) is 2. The summed E-state index contributed by atoms with van der Waals surface area (Å²) in [6.45, 7) is 9.45. The Morgan fingerprint density at radius 3 is 2.41 bits per heavy atom. The molecule has 1 atom stereocenters. The van der Waals surface area contributed by atoms with E-state index in [9.17, 15) is 10.2 Å². The van der Waals surface area contributed by atoms with E-state index in [-0.39, 0.29) is 18.6 Å². The van der Waals surface area contributed by atoms with Crippen LogP contribution < -0.4 is 4.74 Å². The van der Waals surface area contributed by atoms with Gasteiger partial charge in [0.1, 0.15) is 18.0 Å². The molecule has 1 saturated heterocycles. The van der Waals surface area contributed by atoms with E-state index in [2.05, 4.69) is 25.7 Å². The fraction of sp³-hybridized carbons (Fsp3) is 0.739. The van der Waals surface area contributed by atoms with Gasteiger partial charge in [-0.15, -0.1) is 0 Å². The minimum Gasteiger partial charge on any atom is -0.490 e. The van der Waals surface area contributed by atoms with Crippen molar-refractivity contribution in [2.75, 3.05) is 39.5 Å². The molecule has 1 unspecified atom stereocenters. The summed E-state index contributed by atoms with van der Waals surface area (Å²) in [4.78, 5) is 2.13. The van der Waals surface area contributed by atoms with E-state index in [1.54, 1.807) is 24.3 Å². The highest BCUT2D eigenvalue weighted by molar-refractivity contribution is 6.30. The second kappa shape index (κ2) is 9.11. The molecule has 2 fully saturated rings. The zero-order valence-electron chi connectivity index (χ0n) is 18.0. The van der Waals surface area contributed by atoms with Gasteiger partial charge >= 0.3 is 0 Å². The monoisotopic (exact) mass is 425 g/mol. The third kappa shape index (κ3) is 6.56. The molecule has 5 nitrogen and oxygen atoms in total. The van der Waals surface area contributed by atoms with Crippen molar-refractivity contribution < 1.29 is 19.7 Å². The normalized spacial score (nSPS) is 32.0. The fourth-order valence-corrected chi connectivity index (χ4v) is 4.69. The van der Waals surface area contributed by atoms with Gasteiger partial charge in [0.2, 0.25) is 0 Å². The summed E-state index contributed by atoms with van der Waals surface area (Å²) in [6, 6.07) is 7.11. The molecule has 2 aliphatic rings. The summed E-state index contributed by atoms with van der Waals surface area (Å²) in [6.07, 6.45) is 3.72. The highest BCUT2D eigenvalue weighted by Crippen LogP contribution is 2.41. The van der Waals surface area contributed by atoms with Crippen LogP contribution in [0.25, 0.3) is 0 Å². The zero-order chi connectivity index (χ0) is 21.1. The predicted octanol–water partition coefficient (Wildman–Crippen LogP) is 3.75. The van der Waals surface area contributed by atoms with E-state index in [1.807, 2.05) is 0 Å². The van der Waals surface area contributed by atoms with Crippen LogP contribution in [0.1, 0.15) is 46.5 Å². The van der Waals surface area contributed by atoms with E-state index < -0.39 is 11.2 Å². The van der Waals surface area contributed by atoms with Gasteiger partial charge in [0.15, 0.2) is 0 Å². The first-order valence-electron chi connectivity index (χ1n) is 10.7. The largest absolute Gasteiger partial charge is 0.490 e. The number of aliphatic hydroxyl groups is 2. The van der Waals surface area contributed by atoms with Gasteiger partial charge in [0.05, 0.1) is 18.8 Å². The number of benzene rings is 1. The van der Waals surface area contributed by atoms with Crippen LogP contribution in [0.3, 0.4) is 0 Å². The Morgan fingerprint density at radius 1 is 1.14 bits per heavy atom. The van der Waals surface area contributed by atoms with Gasteiger partial charge < -0.3 is 19.7 Å². The van der Waals surface area contributed by atoms with Crippen LogP contribution in [0.5, 0.6) is 5.75 Å². The Balaban J connectivity index is 1.56. The Kier molecular flexibility index (Phi) is 7.17. The Bertz CT molecular complexity index is 652. The van der Waals surface area contributed by atoms with Crippen molar-refractivity contribution in [2.45, 2.75) is 57.7 Å². The molecule has 1 aliphatic heterocycles. The van der Waals surface area contributed by atoms with Gasteiger partial charge in [-0.2, -0.15) is 0 Å². The van der Waals surface area contributed by atoms with Crippen LogP contribution in [0.15, 0.2) is 24.3 Å². The second-order valence-electron chi connectivity index (χ2n) is 10.1. The van der Waals surface area contributed by atoms with Crippen molar-refractivity contribution in [3.8, 4) is 5.75 Å². The highest BCUT2D eigenvalue weighted by Gasteiger charge is 2.41. The molecule has 29 heavy (non-hydrogen) atoms. The number of ether oxygens (including phenoxy) is 2. The fourth-order valence-electron chi connectivity index (χ4n) is 4.56. The summed E-state index contributed by atoms with van der Waals surface area (Å²) >= 11 is 5.91. The quantitative estimate of drug-likeness (QED) is 0.752. The van der Waals surface area contributed by atoms with E-state index >= 15 is 0 Å². The first-order chi connectivity index (χ1) is 13.6. The van der Waals surface area contributed by atoms with Crippen molar-refractivity contribution in [2.24, 2.45) is 11.3 Å². The van der Waals surface area contributed by atoms with Crippen molar-refractivity contribution in [1.82, 2.24) is 4.90 Å². The number of hydrogen-bond acceptors (Lipinski definition) is 5. The lowest BCUT2D eigenvalue weighted by molar-refractivity contribution is -0.0807. The van der Waals surface area contributed by atoms with E-state index in [0.717, 1.165) is 25.7 Å². The van der Waals surface area contributed by atoms with Crippen LogP contribution in [0.4, 0.5) is 0 Å². The molecule has 3 rings (SSSR count). The van der Waals surface area contributed by atoms with Gasteiger partial charge in [-0.1, -0.05) is 32.4 Å². The summed E-state index contributed by atoms with van der Waals surface area (Å²) < 4.78 is 11.5. The van der Waals surface area contributed by atoms with Crippen LogP contribution in [0, 0.1) is 11.3 Å². The molecule has 6 heteroatoms. The lowest BCUT2D eigenvalue weighted by Crippen LogP contribution is -2.53. The van der Waals surface area contributed by atoms with Gasteiger partial charge in [-0.3, -0.25) is 4.90 Å². The van der Waals surface area contributed by atoms with E-state index in [1.165, 1.54) is 0 Å². The molecule has 164 valence electrons. The van der Waals surface area contributed by atoms with Gasteiger partial charge in [-0.25, -0.2) is 0 Å². The van der Waals surface area contributed by atoms with Gasteiger partial charge in [0.25, 0.3) is 0 Å². The first kappa shape index (κ1) is 22.8. The Labute approximate surface area is 180 Å². The molecule has 1 heterocycles. The molecular formula is C23H36ClNO4. The highest BCUT2D eigenvalue weighted by atomic mass is 35.5. The number of hydrogen-bond donors (Lipinski definition) is 2. The SMILES string of the molecule is CC(C)(C)C1CCC(O)(CN2CCOCC(O)(COc3ccc(Cl)cc3)C2)CC1. The molecule has 0 spiro atoms. The minimum atomic E-state index is -1.12. The number of halogens is 1. The molecule has 0 amide bonds. The maximum Gasteiger partial charge on any atom is 0.134 e. The molecule has 1 aliphatic carbocycles. The number of rotatable bonds is 5. The Hall–Kier alpha value is -0.850. The maximum atomic E-state index is 11.2. The summed E-state index contributed by atoms with van der Waals surface area (Å²) in [5, 5.41) is 22.9. The van der Waals surface area contributed by atoms with E-state index in [0.29, 0.717) is 42.9 Å². The average molecular weight is 426 g/mol. The molecular weight excluding hydrogens is 390 g/mol. The second-order valence-corrected chi connectivity index (χ2v) is 10.5. The molecule has 1 saturated carbocycles. The van der Waals surface area contributed by atoms with Crippen LogP contribution in [-0.2, 0) is 4.74 Å². The van der Waals surface area contributed by atoms with Crippen molar-refractivity contribution in [3.63, 3.8) is 0 Å². The topological polar surface area (TPSA) is 62.2 Å².